The number of carboxylic acid groups (broad SMARTS) is 1. The molecule has 0 amide bonds. The van der Waals surface area contributed by atoms with Crippen LogP contribution in [-0.4, -0.2) is 53.5 Å². The van der Waals surface area contributed by atoms with Gasteiger partial charge in [-0.25, -0.2) is 4.39 Å². The second kappa shape index (κ2) is 12.6. The number of benzene rings is 1. The SMILES string of the molecule is COc1ccc2ncc(Cl)c(C(F)CCC3(CC(=O)O)CCN(CCCSc4cccs4)CC3)c2c1. The van der Waals surface area contributed by atoms with Crippen LogP contribution in [0.5, 0.6) is 5.75 Å². The first kappa shape index (κ1) is 27.2. The number of rotatable bonds is 12. The monoisotopic (exact) mass is 550 g/mol. The molecule has 36 heavy (non-hydrogen) atoms. The van der Waals surface area contributed by atoms with E-state index in [0.29, 0.717) is 28.6 Å². The molecule has 1 atom stereocenters. The number of alkyl halides is 1. The minimum atomic E-state index is -1.31. The van der Waals surface area contributed by atoms with Gasteiger partial charge in [0.1, 0.15) is 11.9 Å². The number of piperidine rings is 1. The van der Waals surface area contributed by atoms with Crippen molar-refractivity contribution in [2.24, 2.45) is 5.41 Å². The highest BCUT2D eigenvalue weighted by Crippen LogP contribution is 2.44. The summed E-state index contributed by atoms with van der Waals surface area (Å²) in [7, 11) is 1.57. The van der Waals surface area contributed by atoms with Gasteiger partial charge in [0.05, 0.1) is 28.3 Å². The second-order valence-corrected chi connectivity index (χ2v) is 12.2. The van der Waals surface area contributed by atoms with Gasteiger partial charge < -0.3 is 14.7 Å². The maximum absolute atomic E-state index is 15.7. The van der Waals surface area contributed by atoms with Crippen LogP contribution in [-0.2, 0) is 4.79 Å². The number of carboxylic acids is 1. The van der Waals surface area contributed by atoms with Crippen LogP contribution < -0.4 is 4.74 Å². The molecule has 9 heteroatoms. The third-order valence-electron chi connectivity index (χ3n) is 7.11. The summed E-state index contributed by atoms with van der Waals surface area (Å²) in [6.45, 7) is 2.71. The number of aromatic nitrogens is 1. The Labute approximate surface area is 225 Å². The fourth-order valence-electron chi connectivity index (χ4n) is 5.08. The lowest BCUT2D eigenvalue weighted by atomic mass is 9.71. The van der Waals surface area contributed by atoms with Gasteiger partial charge in [0.25, 0.3) is 0 Å². The lowest BCUT2D eigenvalue weighted by molar-refractivity contribution is -0.141. The van der Waals surface area contributed by atoms with Gasteiger partial charge in [-0.1, -0.05) is 17.7 Å². The maximum atomic E-state index is 15.7. The van der Waals surface area contributed by atoms with Gasteiger partial charge in [-0.15, -0.1) is 23.1 Å². The molecule has 3 heterocycles. The quantitative estimate of drug-likeness (QED) is 0.186. The highest BCUT2D eigenvalue weighted by Gasteiger charge is 2.37. The Morgan fingerprint density at radius 1 is 1.36 bits per heavy atom. The fourth-order valence-corrected chi connectivity index (χ4v) is 7.14. The first-order chi connectivity index (χ1) is 17.4. The molecule has 4 rings (SSSR count). The molecule has 1 aromatic carbocycles. The molecule has 3 aromatic rings. The lowest BCUT2D eigenvalue weighted by Gasteiger charge is -2.41. The van der Waals surface area contributed by atoms with E-state index in [2.05, 4.69) is 27.4 Å². The molecule has 5 nitrogen and oxygen atoms in total. The van der Waals surface area contributed by atoms with Gasteiger partial charge in [0, 0.05) is 22.9 Å². The van der Waals surface area contributed by atoms with E-state index in [9.17, 15) is 9.90 Å². The third-order valence-corrected chi connectivity index (χ3v) is 9.63. The Bertz CT molecular complexity index is 1150. The summed E-state index contributed by atoms with van der Waals surface area (Å²) < 4.78 is 22.4. The van der Waals surface area contributed by atoms with Crippen LogP contribution >= 0.6 is 34.7 Å². The largest absolute Gasteiger partial charge is 0.497 e. The van der Waals surface area contributed by atoms with E-state index in [1.807, 2.05) is 11.8 Å². The van der Waals surface area contributed by atoms with Crippen molar-refractivity contribution in [2.75, 3.05) is 32.5 Å². The summed E-state index contributed by atoms with van der Waals surface area (Å²) in [5.41, 5.74) is 0.668. The average molecular weight is 551 g/mol. The van der Waals surface area contributed by atoms with E-state index >= 15 is 4.39 Å². The number of carbonyl (C=O) groups is 1. The third kappa shape index (κ3) is 6.91. The smallest absolute Gasteiger partial charge is 0.303 e. The van der Waals surface area contributed by atoms with Gasteiger partial charge in [0.2, 0.25) is 0 Å². The van der Waals surface area contributed by atoms with E-state index < -0.39 is 17.6 Å². The zero-order chi connectivity index (χ0) is 25.5. The number of methoxy groups -OCH3 is 1. The molecule has 1 saturated heterocycles. The van der Waals surface area contributed by atoms with E-state index in [0.717, 1.165) is 44.6 Å². The van der Waals surface area contributed by atoms with E-state index in [1.165, 1.54) is 10.4 Å². The standard InChI is InChI=1S/C27H32ClFN2O3S2/c1-34-19-5-6-23-20(16-19)26(21(28)18-30-23)22(29)7-8-27(17-24(32)33)9-12-31(13-10-27)11-3-15-36-25-4-2-14-35-25/h2,4-6,14,16,18,22H,3,7-13,15,17H2,1H3,(H,32,33). The Hall–Kier alpha value is -1.87. The topological polar surface area (TPSA) is 62.7 Å². The number of hydrogen-bond donors (Lipinski definition) is 1. The highest BCUT2D eigenvalue weighted by atomic mass is 35.5. The average Bonchev–Trinajstić information content (AvgIpc) is 3.39. The van der Waals surface area contributed by atoms with Crippen LogP contribution in [0.15, 0.2) is 46.1 Å². The van der Waals surface area contributed by atoms with Crippen molar-refractivity contribution in [3.63, 3.8) is 0 Å². The van der Waals surface area contributed by atoms with Crippen molar-refractivity contribution >= 4 is 51.6 Å². The van der Waals surface area contributed by atoms with Crippen LogP contribution in [0.4, 0.5) is 4.39 Å². The van der Waals surface area contributed by atoms with Crippen molar-refractivity contribution in [3.8, 4) is 5.75 Å². The highest BCUT2D eigenvalue weighted by molar-refractivity contribution is 8.01. The van der Waals surface area contributed by atoms with E-state index in [1.54, 1.807) is 36.6 Å². The summed E-state index contributed by atoms with van der Waals surface area (Å²) in [5.74, 6) is 0.874. The minimum Gasteiger partial charge on any atom is -0.497 e. The Balaban J connectivity index is 1.37. The van der Waals surface area contributed by atoms with E-state index in [4.69, 9.17) is 16.3 Å². The molecule has 1 aliphatic heterocycles. The van der Waals surface area contributed by atoms with Gasteiger partial charge in [-0.2, -0.15) is 0 Å². The number of likely N-dealkylation sites (tertiary alicyclic amines) is 1. The number of aliphatic carboxylic acids is 1. The summed E-state index contributed by atoms with van der Waals surface area (Å²) in [5, 5.41) is 12.6. The van der Waals surface area contributed by atoms with Crippen LogP contribution in [0, 0.1) is 5.41 Å². The molecule has 1 unspecified atom stereocenters. The number of pyridine rings is 1. The molecular weight excluding hydrogens is 519 g/mol. The lowest BCUT2D eigenvalue weighted by Crippen LogP contribution is -2.41. The van der Waals surface area contributed by atoms with Gasteiger partial charge in [0.15, 0.2) is 0 Å². The molecule has 0 bridgehead atoms. The maximum Gasteiger partial charge on any atom is 0.303 e. The van der Waals surface area contributed by atoms with Gasteiger partial charge >= 0.3 is 5.97 Å². The fraction of sp³-hybridized carbons (Fsp3) is 0.481. The number of fused-ring (bicyclic) bond motifs is 1. The van der Waals surface area contributed by atoms with Crippen LogP contribution in [0.1, 0.15) is 50.3 Å². The van der Waals surface area contributed by atoms with Crippen molar-refractivity contribution < 1.29 is 19.0 Å². The zero-order valence-corrected chi connectivity index (χ0v) is 22.8. The van der Waals surface area contributed by atoms with E-state index in [-0.39, 0.29) is 17.9 Å². The normalized spacial score (nSPS) is 16.8. The molecular formula is C27H32ClFN2O3S2. The Morgan fingerprint density at radius 3 is 2.86 bits per heavy atom. The molecule has 2 aromatic heterocycles. The Kier molecular flexibility index (Phi) is 9.50. The van der Waals surface area contributed by atoms with Crippen LogP contribution in [0.3, 0.4) is 0 Å². The number of halogens is 2. The molecule has 0 spiro atoms. The summed E-state index contributed by atoms with van der Waals surface area (Å²) in [4.78, 5) is 18.5. The first-order valence-electron chi connectivity index (χ1n) is 12.3. The van der Waals surface area contributed by atoms with Gasteiger partial charge in [-0.3, -0.25) is 9.78 Å². The first-order valence-corrected chi connectivity index (χ1v) is 14.5. The van der Waals surface area contributed by atoms with Crippen LogP contribution in [0.2, 0.25) is 5.02 Å². The van der Waals surface area contributed by atoms with Crippen molar-refractivity contribution in [1.29, 1.82) is 0 Å². The number of thiophene rings is 1. The molecule has 1 N–H and O–H groups in total. The molecule has 0 aliphatic carbocycles. The predicted molar refractivity (Wildman–Crippen MR) is 146 cm³/mol. The number of thioether (sulfide) groups is 1. The summed E-state index contributed by atoms with van der Waals surface area (Å²) in [6.07, 6.45) is 3.60. The van der Waals surface area contributed by atoms with Crippen molar-refractivity contribution in [2.45, 2.75) is 48.9 Å². The summed E-state index contributed by atoms with van der Waals surface area (Å²) in [6, 6.07) is 9.56. The van der Waals surface area contributed by atoms with Crippen molar-refractivity contribution in [3.05, 3.63) is 52.5 Å². The zero-order valence-electron chi connectivity index (χ0n) is 20.4. The molecule has 1 aliphatic rings. The molecule has 194 valence electrons. The molecule has 1 fully saturated rings. The van der Waals surface area contributed by atoms with Gasteiger partial charge in [-0.05, 0) is 86.8 Å². The summed E-state index contributed by atoms with van der Waals surface area (Å²) >= 11 is 10.1. The Morgan fingerprint density at radius 2 is 2.17 bits per heavy atom. The number of hydrogen-bond acceptors (Lipinski definition) is 6. The minimum absolute atomic E-state index is 0.0699. The number of nitrogens with zero attached hydrogens (tertiary/aromatic N) is 2. The van der Waals surface area contributed by atoms with Crippen molar-refractivity contribution in [1.82, 2.24) is 9.88 Å². The number of ether oxygens (including phenoxy) is 1. The molecule has 0 saturated carbocycles. The van der Waals surface area contributed by atoms with Crippen LogP contribution in [0.25, 0.3) is 10.9 Å². The predicted octanol–water partition coefficient (Wildman–Crippen LogP) is 7.49. The molecule has 0 radical (unpaired) electrons. The second-order valence-electron chi connectivity index (χ2n) is 9.46.